The van der Waals surface area contributed by atoms with E-state index in [9.17, 15) is 4.79 Å². The van der Waals surface area contributed by atoms with Gasteiger partial charge in [0, 0.05) is 30.7 Å². The van der Waals surface area contributed by atoms with Gasteiger partial charge in [0.05, 0.1) is 6.54 Å². The minimum atomic E-state index is -0.0791. The van der Waals surface area contributed by atoms with Crippen LogP contribution in [-0.2, 0) is 11.3 Å². The van der Waals surface area contributed by atoms with E-state index in [0.29, 0.717) is 0 Å². The fourth-order valence-electron chi connectivity index (χ4n) is 2.27. The van der Waals surface area contributed by atoms with Crippen molar-refractivity contribution in [2.75, 3.05) is 19.6 Å². The van der Waals surface area contributed by atoms with E-state index in [0.717, 1.165) is 31.1 Å². The molecule has 3 N–H and O–H groups in total. The summed E-state index contributed by atoms with van der Waals surface area (Å²) in [5, 5.41) is 3.69. The van der Waals surface area contributed by atoms with Crippen LogP contribution in [0.4, 0.5) is 0 Å². The molecule has 98 valence electrons. The van der Waals surface area contributed by atoms with E-state index in [1.807, 2.05) is 18.2 Å². The third-order valence-electron chi connectivity index (χ3n) is 3.12. The largest absolute Gasteiger partial charge is 0.351 e. The van der Waals surface area contributed by atoms with Crippen molar-refractivity contribution >= 4 is 17.5 Å². The van der Waals surface area contributed by atoms with Crippen LogP contribution >= 0.6 is 11.6 Å². The van der Waals surface area contributed by atoms with Crippen molar-refractivity contribution in [2.45, 2.75) is 19.0 Å². The number of hydrogen-bond acceptors (Lipinski definition) is 3. The Morgan fingerprint density at radius 1 is 1.56 bits per heavy atom. The van der Waals surface area contributed by atoms with Crippen LogP contribution in [-0.4, -0.2) is 36.5 Å². The van der Waals surface area contributed by atoms with Crippen molar-refractivity contribution in [1.29, 1.82) is 0 Å². The van der Waals surface area contributed by atoms with Gasteiger partial charge in [0.2, 0.25) is 5.91 Å². The summed E-state index contributed by atoms with van der Waals surface area (Å²) in [7, 11) is 0. The second-order valence-corrected chi connectivity index (χ2v) is 5.06. The van der Waals surface area contributed by atoms with Crippen molar-refractivity contribution in [2.24, 2.45) is 5.73 Å². The zero-order chi connectivity index (χ0) is 13.0. The molecule has 1 unspecified atom stereocenters. The predicted molar refractivity (Wildman–Crippen MR) is 72.3 cm³/mol. The summed E-state index contributed by atoms with van der Waals surface area (Å²) in [5.41, 5.74) is 6.49. The number of benzene rings is 1. The summed E-state index contributed by atoms with van der Waals surface area (Å²) in [6, 6.07) is 8.10. The lowest BCUT2D eigenvalue weighted by Crippen LogP contribution is -2.40. The number of rotatable bonds is 4. The van der Waals surface area contributed by atoms with Crippen molar-refractivity contribution in [1.82, 2.24) is 10.2 Å². The fourth-order valence-corrected chi connectivity index (χ4v) is 2.49. The van der Waals surface area contributed by atoms with Crippen LogP contribution in [0.5, 0.6) is 0 Å². The van der Waals surface area contributed by atoms with Crippen LogP contribution in [0.1, 0.15) is 12.0 Å². The van der Waals surface area contributed by atoms with Gasteiger partial charge in [-0.3, -0.25) is 9.69 Å². The third-order valence-corrected chi connectivity index (χ3v) is 3.35. The molecule has 0 saturated carbocycles. The molecule has 1 amide bonds. The highest BCUT2D eigenvalue weighted by molar-refractivity contribution is 6.30. The molecular weight excluding hydrogens is 250 g/mol. The maximum Gasteiger partial charge on any atom is 0.233 e. The molecule has 1 heterocycles. The molecule has 1 aromatic carbocycles. The van der Waals surface area contributed by atoms with Crippen LogP contribution in [0, 0.1) is 0 Å². The Balaban J connectivity index is 1.84. The van der Waals surface area contributed by atoms with Gasteiger partial charge >= 0.3 is 0 Å². The molecule has 0 aromatic heterocycles. The van der Waals surface area contributed by atoms with E-state index in [4.69, 9.17) is 17.3 Å². The van der Waals surface area contributed by atoms with Crippen LogP contribution < -0.4 is 11.1 Å². The summed E-state index contributed by atoms with van der Waals surface area (Å²) < 4.78 is 0. The van der Waals surface area contributed by atoms with Crippen molar-refractivity contribution < 1.29 is 4.79 Å². The number of likely N-dealkylation sites (tertiary alicyclic amines) is 1. The van der Waals surface area contributed by atoms with Gasteiger partial charge in [-0.25, -0.2) is 0 Å². The number of nitrogens with zero attached hydrogens (tertiary/aromatic N) is 1. The highest BCUT2D eigenvalue weighted by Crippen LogP contribution is 2.16. The molecule has 1 aliphatic heterocycles. The molecule has 0 aliphatic carbocycles. The lowest BCUT2D eigenvalue weighted by atomic mass is 10.2. The number of amides is 1. The summed E-state index contributed by atoms with van der Waals surface area (Å²) in [6.07, 6.45) is 0.978. The number of carbonyl (C=O) groups is 1. The summed E-state index contributed by atoms with van der Waals surface area (Å²) in [6.45, 7) is 2.79. The van der Waals surface area contributed by atoms with Gasteiger partial charge in [-0.15, -0.1) is 0 Å². The molecule has 2 rings (SSSR count). The molecule has 1 aromatic rings. The molecule has 1 aliphatic rings. The second kappa shape index (κ2) is 6.18. The highest BCUT2D eigenvalue weighted by Gasteiger charge is 2.23. The van der Waals surface area contributed by atoms with E-state index in [-0.39, 0.29) is 18.5 Å². The summed E-state index contributed by atoms with van der Waals surface area (Å²) in [4.78, 5) is 13.5. The first kappa shape index (κ1) is 13.3. The Bertz CT molecular complexity index is 424. The van der Waals surface area contributed by atoms with Crippen molar-refractivity contribution in [3.05, 3.63) is 34.9 Å². The first-order valence-corrected chi connectivity index (χ1v) is 6.51. The van der Waals surface area contributed by atoms with Gasteiger partial charge in [0.1, 0.15) is 0 Å². The van der Waals surface area contributed by atoms with Gasteiger partial charge in [0.25, 0.3) is 0 Å². The first-order valence-electron chi connectivity index (χ1n) is 6.13. The molecule has 1 fully saturated rings. The van der Waals surface area contributed by atoms with Gasteiger partial charge < -0.3 is 11.1 Å². The van der Waals surface area contributed by atoms with E-state index in [1.165, 1.54) is 5.56 Å². The average Bonchev–Trinajstić information content (AvgIpc) is 2.76. The monoisotopic (exact) mass is 267 g/mol. The normalized spacial score (nSPS) is 20.0. The number of nitrogens with two attached hydrogens (primary N) is 1. The second-order valence-electron chi connectivity index (χ2n) is 4.62. The Morgan fingerprint density at radius 2 is 2.39 bits per heavy atom. The number of halogens is 1. The predicted octanol–water partition coefficient (Wildman–Crippen LogP) is 0.989. The van der Waals surface area contributed by atoms with E-state index >= 15 is 0 Å². The Hall–Kier alpha value is -1.10. The molecule has 0 spiro atoms. The standard InChI is InChI=1S/C13H18ClN3O/c14-11-3-1-2-10(6-11)8-17-5-4-12(9-17)16-13(18)7-15/h1-3,6,12H,4-5,7-9,15H2,(H,16,18). The van der Waals surface area contributed by atoms with Crippen LogP contribution in [0.2, 0.25) is 5.02 Å². The maximum absolute atomic E-state index is 11.2. The molecule has 18 heavy (non-hydrogen) atoms. The molecule has 4 nitrogen and oxygen atoms in total. The summed E-state index contributed by atoms with van der Waals surface area (Å²) in [5.74, 6) is -0.0791. The van der Waals surface area contributed by atoms with E-state index in [1.54, 1.807) is 0 Å². The Kier molecular flexibility index (Phi) is 4.58. The van der Waals surface area contributed by atoms with Crippen LogP contribution in [0.15, 0.2) is 24.3 Å². The van der Waals surface area contributed by atoms with Crippen molar-refractivity contribution in [3.63, 3.8) is 0 Å². The molecule has 0 radical (unpaired) electrons. The third kappa shape index (κ3) is 3.70. The SMILES string of the molecule is NCC(=O)NC1CCN(Cc2cccc(Cl)c2)C1. The zero-order valence-electron chi connectivity index (χ0n) is 10.2. The Morgan fingerprint density at radius 3 is 3.11 bits per heavy atom. The highest BCUT2D eigenvalue weighted by atomic mass is 35.5. The number of carbonyl (C=O) groups excluding carboxylic acids is 1. The lowest BCUT2D eigenvalue weighted by Gasteiger charge is -2.16. The molecule has 0 bridgehead atoms. The van der Waals surface area contributed by atoms with Gasteiger partial charge in [-0.1, -0.05) is 23.7 Å². The molecular formula is C13H18ClN3O. The maximum atomic E-state index is 11.2. The molecule has 1 saturated heterocycles. The number of hydrogen-bond donors (Lipinski definition) is 2. The van der Waals surface area contributed by atoms with Gasteiger partial charge in [-0.2, -0.15) is 0 Å². The van der Waals surface area contributed by atoms with E-state index < -0.39 is 0 Å². The van der Waals surface area contributed by atoms with Gasteiger partial charge in [-0.05, 0) is 24.1 Å². The van der Waals surface area contributed by atoms with E-state index in [2.05, 4.69) is 16.3 Å². The smallest absolute Gasteiger partial charge is 0.233 e. The van der Waals surface area contributed by atoms with Crippen LogP contribution in [0.25, 0.3) is 0 Å². The quantitative estimate of drug-likeness (QED) is 0.855. The molecule has 1 atom stereocenters. The zero-order valence-corrected chi connectivity index (χ0v) is 11.0. The number of nitrogens with one attached hydrogen (secondary N) is 1. The topological polar surface area (TPSA) is 58.4 Å². The minimum Gasteiger partial charge on any atom is -0.351 e. The minimum absolute atomic E-state index is 0.0603. The van der Waals surface area contributed by atoms with Gasteiger partial charge in [0.15, 0.2) is 0 Å². The first-order chi connectivity index (χ1) is 8.67. The Labute approximate surface area is 112 Å². The van der Waals surface area contributed by atoms with Crippen LogP contribution in [0.3, 0.4) is 0 Å². The lowest BCUT2D eigenvalue weighted by molar-refractivity contribution is -0.120. The molecule has 5 heteroatoms. The summed E-state index contributed by atoms with van der Waals surface area (Å²) >= 11 is 5.96. The van der Waals surface area contributed by atoms with Crippen molar-refractivity contribution in [3.8, 4) is 0 Å². The fraction of sp³-hybridized carbons (Fsp3) is 0.462. The average molecular weight is 268 g/mol.